The Balaban J connectivity index is 1.76. The third-order valence-electron chi connectivity index (χ3n) is 3.81. The summed E-state index contributed by atoms with van der Waals surface area (Å²) < 4.78 is 33.2. The van der Waals surface area contributed by atoms with E-state index >= 15 is 0 Å². The number of methoxy groups -OCH3 is 1. The van der Waals surface area contributed by atoms with Gasteiger partial charge in [0.15, 0.2) is 0 Å². The Labute approximate surface area is 153 Å². The first-order chi connectivity index (χ1) is 12.6. The number of nitrogens with zero attached hydrogens (tertiary/aromatic N) is 2. The molecule has 4 aromatic rings. The van der Waals surface area contributed by atoms with E-state index < -0.39 is 10.0 Å². The lowest BCUT2D eigenvalue weighted by molar-refractivity contribution is 0.417. The van der Waals surface area contributed by atoms with Crippen LogP contribution in [0.1, 0.15) is 0 Å². The van der Waals surface area contributed by atoms with Crippen molar-refractivity contribution in [2.24, 2.45) is 0 Å². The van der Waals surface area contributed by atoms with Crippen LogP contribution in [0.4, 0.5) is 5.69 Å². The second-order valence-electron chi connectivity index (χ2n) is 5.46. The summed E-state index contributed by atoms with van der Waals surface area (Å²) in [7, 11) is -2.17. The summed E-state index contributed by atoms with van der Waals surface area (Å²) in [5.41, 5.74) is 3.56. The van der Waals surface area contributed by atoms with E-state index in [2.05, 4.69) is 19.7 Å². The SMILES string of the molecule is COc1ccc(-c2cc3ncncc3[nH]2)cc1NS(=O)(=O)c1cccs1. The number of fused-ring (bicyclic) bond motifs is 1. The zero-order valence-corrected chi connectivity index (χ0v) is 15.3. The van der Waals surface area contributed by atoms with Gasteiger partial charge in [0, 0.05) is 11.3 Å². The van der Waals surface area contributed by atoms with Gasteiger partial charge in [0.05, 0.1) is 30.0 Å². The van der Waals surface area contributed by atoms with Crippen LogP contribution in [0.2, 0.25) is 0 Å². The molecule has 3 aromatic heterocycles. The van der Waals surface area contributed by atoms with Gasteiger partial charge >= 0.3 is 0 Å². The van der Waals surface area contributed by atoms with E-state index in [1.54, 1.807) is 35.8 Å². The molecule has 4 rings (SSSR count). The van der Waals surface area contributed by atoms with Crippen molar-refractivity contribution in [2.75, 3.05) is 11.8 Å². The number of benzene rings is 1. The van der Waals surface area contributed by atoms with Crippen molar-refractivity contribution >= 4 is 38.1 Å². The van der Waals surface area contributed by atoms with Crippen LogP contribution < -0.4 is 9.46 Å². The maximum Gasteiger partial charge on any atom is 0.271 e. The van der Waals surface area contributed by atoms with E-state index in [1.165, 1.54) is 13.4 Å². The van der Waals surface area contributed by atoms with E-state index in [0.29, 0.717) is 11.4 Å². The molecule has 7 nitrogen and oxygen atoms in total. The van der Waals surface area contributed by atoms with Gasteiger partial charge in [0.2, 0.25) is 0 Å². The lowest BCUT2D eigenvalue weighted by atomic mass is 10.1. The molecule has 0 saturated carbocycles. The van der Waals surface area contributed by atoms with Crippen LogP contribution in [0, 0.1) is 0 Å². The Hall–Kier alpha value is -2.91. The average molecular weight is 386 g/mol. The van der Waals surface area contributed by atoms with E-state index in [9.17, 15) is 8.42 Å². The number of aromatic nitrogens is 3. The molecular formula is C17H14N4O3S2. The van der Waals surface area contributed by atoms with Gasteiger partial charge < -0.3 is 9.72 Å². The van der Waals surface area contributed by atoms with Crippen LogP contribution in [0.5, 0.6) is 5.75 Å². The van der Waals surface area contributed by atoms with Crippen LogP contribution in [0.25, 0.3) is 22.3 Å². The molecule has 9 heteroatoms. The maximum absolute atomic E-state index is 12.5. The molecule has 0 aliphatic carbocycles. The maximum atomic E-state index is 12.5. The van der Waals surface area contributed by atoms with Crippen molar-refractivity contribution < 1.29 is 13.2 Å². The molecule has 0 amide bonds. The highest BCUT2D eigenvalue weighted by Crippen LogP contribution is 2.33. The van der Waals surface area contributed by atoms with Crippen molar-refractivity contribution in [3.8, 4) is 17.0 Å². The molecule has 0 bridgehead atoms. The average Bonchev–Trinajstić information content (AvgIpc) is 3.31. The minimum atomic E-state index is -3.67. The van der Waals surface area contributed by atoms with E-state index in [4.69, 9.17) is 4.74 Å². The monoisotopic (exact) mass is 386 g/mol. The quantitative estimate of drug-likeness (QED) is 0.547. The summed E-state index contributed by atoms with van der Waals surface area (Å²) in [5, 5.41) is 1.72. The molecule has 132 valence electrons. The molecule has 26 heavy (non-hydrogen) atoms. The first kappa shape index (κ1) is 16.6. The summed E-state index contributed by atoms with van der Waals surface area (Å²) in [6.45, 7) is 0. The second kappa shape index (κ2) is 6.43. The van der Waals surface area contributed by atoms with Crippen molar-refractivity contribution in [2.45, 2.75) is 4.21 Å². The van der Waals surface area contributed by atoms with Crippen molar-refractivity contribution in [3.63, 3.8) is 0 Å². The van der Waals surface area contributed by atoms with Crippen molar-refractivity contribution in [1.29, 1.82) is 0 Å². The molecule has 0 unspecified atom stereocenters. The van der Waals surface area contributed by atoms with Crippen molar-refractivity contribution in [1.82, 2.24) is 15.0 Å². The first-order valence-corrected chi connectivity index (χ1v) is 9.96. The number of thiophene rings is 1. The number of anilines is 1. The minimum absolute atomic E-state index is 0.242. The van der Waals surface area contributed by atoms with Gasteiger partial charge in [-0.2, -0.15) is 0 Å². The third-order valence-corrected chi connectivity index (χ3v) is 6.57. The number of rotatable bonds is 5. The largest absolute Gasteiger partial charge is 0.495 e. The van der Waals surface area contributed by atoms with Crippen LogP contribution in [-0.4, -0.2) is 30.5 Å². The number of ether oxygens (including phenoxy) is 1. The zero-order chi connectivity index (χ0) is 18.1. The van der Waals surface area contributed by atoms with E-state index in [-0.39, 0.29) is 4.21 Å². The van der Waals surface area contributed by atoms with Gasteiger partial charge in [-0.25, -0.2) is 18.4 Å². The standard InChI is InChI=1S/C17H14N4O3S2/c1-24-16-5-4-11(12-8-13-15(20-12)9-18-10-19-13)7-14(16)21-26(22,23)17-3-2-6-25-17/h2-10,20-21H,1H3. The zero-order valence-electron chi connectivity index (χ0n) is 13.6. The smallest absolute Gasteiger partial charge is 0.271 e. The first-order valence-electron chi connectivity index (χ1n) is 7.60. The van der Waals surface area contributed by atoms with Gasteiger partial charge in [-0.1, -0.05) is 6.07 Å². The van der Waals surface area contributed by atoms with Crippen LogP contribution in [0.15, 0.2) is 58.5 Å². The normalized spacial score (nSPS) is 11.6. The fraction of sp³-hybridized carbons (Fsp3) is 0.0588. The number of aromatic amines is 1. The molecule has 0 aliphatic heterocycles. The highest BCUT2D eigenvalue weighted by molar-refractivity contribution is 7.94. The van der Waals surface area contributed by atoms with Crippen LogP contribution in [0.3, 0.4) is 0 Å². The molecule has 2 N–H and O–H groups in total. The molecule has 0 atom stereocenters. The molecule has 3 heterocycles. The lowest BCUT2D eigenvalue weighted by Gasteiger charge is -2.12. The van der Waals surface area contributed by atoms with E-state index in [1.807, 2.05) is 12.1 Å². The van der Waals surface area contributed by atoms with Gasteiger partial charge in [0.25, 0.3) is 10.0 Å². The molecule has 0 radical (unpaired) electrons. The second-order valence-corrected chi connectivity index (χ2v) is 8.31. The molecule has 0 spiro atoms. The highest BCUT2D eigenvalue weighted by Gasteiger charge is 2.18. The molecule has 0 saturated heterocycles. The van der Waals surface area contributed by atoms with Crippen LogP contribution >= 0.6 is 11.3 Å². The summed E-state index contributed by atoms with van der Waals surface area (Å²) in [6.07, 6.45) is 3.17. The highest BCUT2D eigenvalue weighted by atomic mass is 32.2. The Bertz CT molecular complexity index is 1130. The number of sulfonamides is 1. The predicted octanol–water partition coefficient (Wildman–Crippen LogP) is 3.50. The minimum Gasteiger partial charge on any atom is -0.495 e. The number of hydrogen-bond donors (Lipinski definition) is 2. The van der Waals surface area contributed by atoms with Gasteiger partial charge in [0.1, 0.15) is 16.3 Å². The van der Waals surface area contributed by atoms with E-state index in [0.717, 1.165) is 33.6 Å². The Morgan fingerprint density at radius 3 is 2.85 bits per heavy atom. The number of H-pyrrole nitrogens is 1. The number of nitrogens with one attached hydrogen (secondary N) is 2. The third kappa shape index (κ3) is 3.02. The van der Waals surface area contributed by atoms with Gasteiger partial charge in [-0.15, -0.1) is 11.3 Å². The van der Waals surface area contributed by atoms with Crippen molar-refractivity contribution in [3.05, 3.63) is 54.3 Å². The topological polar surface area (TPSA) is 97.0 Å². The summed E-state index contributed by atoms with van der Waals surface area (Å²) in [5.74, 6) is 0.435. The fourth-order valence-electron chi connectivity index (χ4n) is 2.59. The fourth-order valence-corrected chi connectivity index (χ4v) is 4.64. The summed E-state index contributed by atoms with van der Waals surface area (Å²) in [6, 6.07) is 10.4. The Morgan fingerprint density at radius 1 is 1.23 bits per heavy atom. The summed E-state index contributed by atoms with van der Waals surface area (Å²) >= 11 is 1.15. The molecular weight excluding hydrogens is 372 g/mol. The van der Waals surface area contributed by atoms with Crippen LogP contribution in [-0.2, 0) is 10.0 Å². The number of hydrogen-bond acceptors (Lipinski definition) is 6. The Morgan fingerprint density at radius 2 is 2.12 bits per heavy atom. The van der Waals surface area contributed by atoms with Gasteiger partial charge in [-0.05, 0) is 35.7 Å². The lowest BCUT2D eigenvalue weighted by Crippen LogP contribution is -2.12. The molecule has 0 aliphatic rings. The van der Waals surface area contributed by atoms with Gasteiger partial charge in [-0.3, -0.25) is 4.72 Å². The summed E-state index contributed by atoms with van der Waals surface area (Å²) in [4.78, 5) is 11.4. The Kier molecular flexibility index (Phi) is 4.09. The molecule has 0 fully saturated rings. The molecule has 1 aromatic carbocycles. The predicted molar refractivity (Wildman–Crippen MR) is 101 cm³/mol.